The van der Waals surface area contributed by atoms with Gasteiger partial charge in [0, 0.05) is 37.6 Å². The number of alkyl halides is 3. The second-order valence-corrected chi connectivity index (χ2v) is 8.53. The molecular weight excluding hydrogens is 437 g/mol. The van der Waals surface area contributed by atoms with E-state index >= 15 is 0 Å². The largest absolute Gasteiger partial charge is 0.405 e. The lowest BCUT2D eigenvalue weighted by Crippen LogP contribution is -2.33. The number of sulfonamides is 1. The van der Waals surface area contributed by atoms with Crippen molar-refractivity contribution in [1.82, 2.24) is 14.2 Å². The molecule has 0 spiro atoms. The molecule has 0 fully saturated rings. The summed E-state index contributed by atoms with van der Waals surface area (Å²) in [6.07, 6.45) is -3.17. The highest BCUT2D eigenvalue weighted by Gasteiger charge is 2.28. The maximum absolute atomic E-state index is 12.6. The zero-order chi connectivity index (χ0) is 23.4. The third-order valence-electron chi connectivity index (χ3n) is 4.41. The number of hydrogen-bond acceptors (Lipinski definition) is 4. The third-order valence-corrected chi connectivity index (χ3v) is 6.43. The van der Waals surface area contributed by atoms with E-state index in [0.29, 0.717) is 0 Å². The molecule has 0 aliphatic rings. The van der Waals surface area contributed by atoms with Crippen LogP contribution in [-0.2, 0) is 17.1 Å². The van der Waals surface area contributed by atoms with E-state index < -0.39 is 34.6 Å². The molecule has 8 nitrogen and oxygen atoms in total. The average molecular weight is 460 g/mol. The molecule has 0 atom stereocenters. The lowest BCUT2D eigenvalue weighted by molar-refractivity contribution is -0.123. The number of halogens is 3. The minimum atomic E-state index is -4.52. The van der Waals surface area contributed by atoms with Crippen molar-refractivity contribution in [3.8, 4) is 0 Å². The Morgan fingerprint density at radius 2 is 1.65 bits per heavy atom. The lowest BCUT2D eigenvalue weighted by atomic mass is 10.2. The molecule has 2 aromatic rings. The summed E-state index contributed by atoms with van der Waals surface area (Å²) in [4.78, 5) is 24.3. The average Bonchev–Trinajstić information content (AvgIpc) is 3.09. The van der Waals surface area contributed by atoms with Gasteiger partial charge in [-0.3, -0.25) is 9.59 Å². The molecule has 0 bridgehead atoms. The second-order valence-electron chi connectivity index (χ2n) is 6.59. The first-order valence-corrected chi connectivity index (χ1v) is 10.8. The van der Waals surface area contributed by atoms with E-state index in [1.165, 1.54) is 52.4 Å². The fraction of sp³-hybridized carbons (Fsp3) is 0.368. The normalized spacial score (nSPS) is 12.1. The summed E-state index contributed by atoms with van der Waals surface area (Å²) in [5, 5.41) is 4.32. The number of nitrogens with one attached hydrogen (secondary N) is 2. The number of benzene rings is 1. The van der Waals surface area contributed by atoms with Crippen molar-refractivity contribution in [2.75, 3.05) is 25.0 Å². The van der Waals surface area contributed by atoms with Gasteiger partial charge in [0.1, 0.15) is 17.1 Å². The van der Waals surface area contributed by atoms with Crippen molar-refractivity contribution >= 4 is 27.5 Å². The van der Waals surface area contributed by atoms with E-state index in [1.807, 2.05) is 0 Å². The molecule has 0 radical (unpaired) electrons. The molecule has 0 aliphatic heterocycles. The molecule has 2 rings (SSSR count). The minimum absolute atomic E-state index is 0.00582. The summed E-state index contributed by atoms with van der Waals surface area (Å²) in [5.41, 5.74) is 0.373. The lowest BCUT2D eigenvalue weighted by Gasteiger charge is -2.17. The topological polar surface area (TPSA) is 101 Å². The van der Waals surface area contributed by atoms with Crippen molar-refractivity contribution in [2.24, 2.45) is 7.05 Å². The number of nitrogens with zero attached hydrogens (tertiary/aromatic N) is 2. The van der Waals surface area contributed by atoms with Gasteiger partial charge in [0.15, 0.2) is 0 Å². The Balaban J connectivity index is 2.12. The van der Waals surface area contributed by atoms with E-state index in [-0.39, 0.29) is 34.9 Å². The van der Waals surface area contributed by atoms with Gasteiger partial charge in [-0.1, -0.05) is 13.8 Å². The van der Waals surface area contributed by atoms with Crippen molar-refractivity contribution in [2.45, 2.75) is 24.9 Å². The molecule has 0 unspecified atom stereocenters. The van der Waals surface area contributed by atoms with Crippen LogP contribution < -0.4 is 10.6 Å². The molecule has 12 heteroatoms. The van der Waals surface area contributed by atoms with E-state index in [2.05, 4.69) is 5.32 Å². The number of aryl methyl sites for hydroxylation is 1. The zero-order valence-electron chi connectivity index (χ0n) is 17.2. The number of carbonyl (C=O) groups is 2. The summed E-state index contributed by atoms with van der Waals surface area (Å²) < 4.78 is 64.5. The second kappa shape index (κ2) is 9.52. The summed E-state index contributed by atoms with van der Waals surface area (Å²) in [7, 11) is -2.20. The highest BCUT2D eigenvalue weighted by Crippen LogP contribution is 2.20. The molecule has 2 amide bonds. The standard InChI is InChI=1S/C19H23F3N4O4S/c1-4-26(5-2)31(29,30)15-10-16(25(3)11-15)18(28)24-14-8-6-13(7-9-14)17(27)23-12-19(20,21)22/h6-11H,4-5,12H2,1-3H3,(H,23,27)(H,24,28). The van der Waals surface area contributed by atoms with Crippen LogP contribution in [0.2, 0.25) is 0 Å². The summed E-state index contributed by atoms with van der Waals surface area (Å²) in [6, 6.07) is 6.51. The molecule has 1 aromatic carbocycles. The van der Waals surface area contributed by atoms with Crippen molar-refractivity contribution in [3.63, 3.8) is 0 Å². The van der Waals surface area contributed by atoms with Crippen molar-refractivity contribution < 1.29 is 31.2 Å². The number of hydrogen-bond donors (Lipinski definition) is 2. The summed E-state index contributed by atoms with van der Waals surface area (Å²) in [5.74, 6) is -1.48. The van der Waals surface area contributed by atoms with Gasteiger partial charge in [-0.15, -0.1) is 0 Å². The number of amides is 2. The summed E-state index contributed by atoms with van der Waals surface area (Å²) >= 11 is 0. The third kappa shape index (κ3) is 6.07. The van der Waals surface area contributed by atoms with Crippen LogP contribution in [0.1, 0.15) is 34.7 Å². The Hall–Kier alpha value is -2.86. The molecule has 0 aliphatic carbocycles. The Bertz CT molecular complexity index is 1040. The first kappa shape index (κ1) is 24.4. The highest BCUT2D eigenvalue weighted by molar-refractivity contribution is 7.89. The number of aromatic nitrogens is 1. The van der Waals surface area contributed by atoms with Gasteiger partial charge in [0.25, 0.3) is 11.8 Å². The predicted molar refractivity (Wildman–Crippen MR) is 108 cm³/mol. The van der Waals surface area contributed by atoms with Gasteiger partial charge in [-0.25, -0.2) is 8.42 Å². The van der Waals surface area contributed by atoms with E-state index in [0.717, 1.165) is 0 Å². The number of anilines is 1. The van der Waals surface area contributed by atoms with Gasteiger partial charge in [0.05, 0.1) is 0 Å². The molecule has 1 aromatic heterocycles. The van der Waals surface area contributed by atoms with E-state index in [4.69, 9.17) is 0 Å². The van der Waals surface area contributed by atoms with Crippen molar-refractivity contribution in [1.29, 1.82) is 0 Å². The van der Waals surface area contributed by atoms with Gasteiger partial charge >= 0.3 is 6.18 Å². The summed E-state index contributed by atoms with van der Waals surface area (Å²) in [6.45, 7) is 2.56. The smallest absolute Gasteiger partial charge is 0.345 e. The van der Waals surface area contributed by atoms with Crippen LogP contribution in [0.15, 0.2) is 41.4 Å². The van der Waals surface area contributed by atoms with Crippen LogP contribution in [0, 0.1) is 0 Å². The fourth-order valence-electron chi connectivity index (χ4n) is 2.80. The SMILES string of the molecule is CCN(CC)S(=O)(=O)c1cc(C(=O)Nc2ccc(C(=O)NCC(F)(F)F)cc2)n(C)c1. The number of carbonyl (C=O) groups excluding carboxylic acids is 2. The van der Waals surface area contributed by atoms with Crippen molar-refractivity contribution in [3.05, 3.63) is 47.8 Å². The maximum atomic E-state index is 12.6. The zero-order valence-corrected chi connectivity index (χ0v) is 18.0. The van der Waals surface area contributed by atoms with Crippen LogP contribution in [-0.4, -0.2) is 54.9 Å². The molecule has 1 heterocycles. The molecular formula is C19H23F3N4O4S. The Morgan fingerprint density at radius 3 is 2.16 bits per heavy atom. The maximum Gasteiger partial charge on any atom is 0.405 e. The molecule has 0 saturated heterocycles. The monoisotopic (exact) mass is 460 g/mol. The highest BCUT2D eigenvalue weighted by atomic mass is 32.2. The fourth-order valence-corrected chi connectivity index (χ4v) is 4.33. The van der Waals surface area contributed by atoms with Crippen LogP contribution in [0.5, 0.6) is 0 Å². The first-order valence-electron chi connectivity index (χ1n) is 9.32. The first-order chi connectivity index (χ1) is 14.4. The Labute approximate surface area is 178 Å². The predicted octanol–water partition coefficient (Wildman–Crippen LogP) is 2.60. The minimum Gasteiger partial charge on any atom is -0.345 e. The van der Waals surface area contributed by atoms with Crippen LogP contribution in [0.3, 0.4) is 0 Å². The van der Waals surface area contributed by atoms with Gasteiger partial charge in [-0.05, 0) is 30.3 Å². The van der Waals surface area contributed by atoms with E-state index in [9.17, 15) is 31.2 Å². The van der Waals surface area contributed by atoms with Crippen LogP contribution in [0.25, 0.3) is 0 Å². The van der Waals surface area contributed by atoms with Gasteiger partial charge < -0.3 is 15.2 Å². The van der Waals surface area contributed by atoms with Gasteiger partial charge in [-0.2, -0.15) is 17.5 Å². The van der Waals surface area contributed by atoms with Crippen LogP contribution >= 0.6 is 0 Å². The van der Waals surface area contributed by atoms with Gasteiger partial charge in [0.2, 0.25) is 10.0 Å². The number of rotatable bonds is 8. The van der Waals surface area contributed by atoms with Crippen LogP contribution in [0.4, 0.5) is 18.9 Å². The Morgan fingerprint density at radius 1 is 1.06 bits per heavy atom. The quantitative estimate of drug-likeness (QED) is 0.632. The molecule has 0 saturated carbocycles. The molecule has 31 heavy (non-hydrogen) atoms. The Kier molecular flexibility index (Phi) is 7.49. The van der Waals surface area contributed by atoms with E-state index in [1.54, 1.807) is 19.2 Å². The molecule has 2 N–H and O–H groups in total. The molecule has 170 valence electrons.